The third kappa shape index (κ3) is 6.43. The van der Waals surface area contributed by atoms with Crippen LogP contribution < -0.4 is 0 Å². The van der Waals surface area contributed by atoms with Gasteiger partial charge in [0.1, 0.15) is 0 Å². The third-order valence-electron chi connectivity index (χ3n) is 3.97. The molecule has 0 saturated carbocycles. The number of hydrogen-bond acceptors (Lipinski definition) is 4. The molecule has 0 aliphatic carbocycles. The largest absolute Gasteiger partial charge is 0.436 e. The molecule has 0 bridgehead atoms. The van der Waals surface area contributed by atoms with Crippen molar-refractivity contribution in [1.29, 1.82) is 0 Å². The second-order valence-corrected chi connectivity index (χ2v) is 12.0. The molecule has 1 heterocycles. The zero-order valence-electron chi connectivity index (χ0n) is 15.6. The second kappa shape index (κ2) is 9.58. The lowest BCUT2D eigenvalue weighted by atomic mass is 10.4. The Morgan fingerprint density at radius 1 is 0.552 bits per heavy atom. The second-order valence-electron chi connectivity index (χ2n) is 6.25. The van der Waals surface area contributed by atoms with Crippen LogP contribution in [-0.2, 0) is 30.9 Å². The first-order valence-corrected chi connectivity index (χ1v) is 13.4. The molecule has 0 N–H and O–H groups in total. The number of hydrogen-bond donors (Lipinski definition) is 0. The van der Waals surface area contributed by atoms with Crippen LogP contribution in [0, 0.1) is 0 Å². The normalized spacial score (nSPS) is 17.1. The predicted octanol–water partition coefficient (Wildman–Crippen LogP) is 4.21. The van der Waals surface area contributed by atoms with Gasteiger partial charge in [0.25, 0.3) is 0 Å². The lowest BCUT2D eigenvalue weighted by Gasteiger charge is -2.25. The van der Waals surface area contributed by atoms with Crippen LogP contribution in [0.1, 0.15) is 6.42 Å². The lowest BCUT2D eigenvalue weighted by molar-refractivity contribution is 0.587. The Morgan fingerprint density at radius 3 is 1.10 bits per heavy atom. The molecule has 3 aromatic carbocycles. The van der Waals surface area contributed by atoms with Gasteiger partial charge in [-0.3, -0.25) is 0 Å². The van der Waals surface area contributed by atoms with E-state index < -0.39 is 20.0 Å². The van der Waals surface area contributed by atoms with Gasteiger partial charge in [-0.25, -0.2) is 16.8 Å². The zero-order chi connectivity index (χ0) is 20.7. The molecule has 1 aliphatic heterocycles. The maximum atomic E-state index is 10.5. The van der Waals surface area contributed by atoms with Gasteiger partial charge >= 0.3 is 0 Å². The standard InChI is InChI=1S/C18H15S.C3H6NO4S2/c1-4-10-16(11-5-1)19(17-12-6-2-7-13-17)18-14-8-3-9-15-18;5-9(6)2-1-3-10(7,8)4-9/h1-15H;1-3H2/q+1;-1. The summed E-state index contributed by atoms with van der Waals surface area (Å²) in [5.41, 5.74) is 0. The van der Waals surface area contributed by atoms with Gasteiger partial charge < -0.3 is 4.13 Å². The van der Waals surface area contributed by atoms with Crippen LogP contribution in [0.5, 0.6) is 0 Å². The van der Waals surface area contributed by atoms with Crippen molar-refractivity contribution in [1.82, 2.24) is 0 Å². The first-order chi connectivity index (χ1) is 13.9. The third-order valence-corrected chi connectivity index (χ3v) is 9.63. The fourth-order valence-electron chi connectivity index (χ4n) is 2.75. The molecule has 0 unspecified atom stereocenters. The van der Waals surface area contributed by atoms with Gasteiger partial charge in [0.2, 0.25) is 0 Å². The van der Waals surface area contributed by atoms with Crippen LogP contribution >= 0.6 is 0 Å². The molecule has 152 valence electrons. The molecule has 5 nitrogen and oxygen atoms in total. The predicted molar refractivity (Wildman–Crippen MR) is 117 cm³/mol. The van der Waals surface area contributed by atoms with Gasteiger partial charge in [-0.2, -0.15) is 0 Å². The molecular weight excluding hydrogens is 426 g/mol. The number of rotatable bonds is 3. The molecule has 0 atom stereocenters. The van der Waals surface area contributed by atoms with E-state index in [1.165, 1.54) is 14.7 Å². The Labute approximate surface area is 175 Å². The van der Waals surface area contributed by atoms with Crippen molar-refractivity contribution < 1.29 is 16.8 Å². The smallest absolute Gasteiger partial charge is 0.166 e. The van der Waals surface area contributed by atoms with Gasteiger partial charge in [0, 0.05) is 11.5 Å². The quantitative estimate of drug-likeness (QED) is 0.563. The highest BCUT2D eigenvalue weighted by Gasteiger charge is 2.27. The van der Waals surface area contributed by atoms with E-state index in [2.05, 4.69) is 95.1 Å². The Hall–Kier alpha value is -2.13. The van der Waals surface area contributed by atoms with Gasteiger partial charge in [0.15, 0.2) is 14.7 Å². The van der Waals surface area contributed by atoms with Crippen molar-refractivity contribution in [3.05, 3.63) is 95.1 Å². The maximum absolute atomic E-state index is 10.5. The number of nitrogens with zero attached hydrogens (tertiary/aromatic N) is 1. The molecule has 1 aliphatic rings. The molecule has 3 aromatic rings. The first kappa shape index (κ1) is 21.6. The average Bonchev–Trinajstić information content (AvgIpc) is 2.69. The number of sulfonamides is 2. The molecule has 0 spiro atoms. The fourth-order valence-corrected chi connectivity index (χ4v) is 8.04. The van der Waals surface area contributed by atoms with Crippen LogP contribution in [0.2, 0.25) is 0 Å². The summed E-state index contributed by atoms with van der Waals surface area (Å²) in [5.74, 6) is -0.293. The van der Waals surface area contributed by atoms with Gasteiger partial charge in [-0.05, 0) is 42.8 Å². The van der Waals surface area contributed by atoms with Crippen LogP contribution in [0.25, 0.3) is 4.13 Å². The van der Waals surface area contributed by atoms with Crippen molar-refractivity contribution in [3.63, 3.8) is 0 Å². The summed E-state index contributed by atoms with van der Waals surface area (Å²) >= 11 is 0. The molecule has 0 radical (unpaired) electrons. The molecule has 1 saturated heterocycles. The molecule has 1 fully saturated rings. The van der Waals surface area contributed by atoms with E-state index in [0.29, 0.717) is 0 Å². The summed E-state index contributed by atoms with van der Waals surface area (Å²) in [6.07, 6.45) is 0.161. The van der Waals surface area contributed by atoms with Crippen LogP contribution in [-0.4, -0.2) is 28.3 Å². The molecule has 0 amide bonds. The summed E-state index contributed by atoms with van der Waals surface area (Å²) in [4.78, 5) is 4.08. The first-order valence-electron chi connectivity index (χ1n) is 8.95. The minimum Gasteiger partial charge on any atom is -0.436 e. The lowest BCUT2D eigenvalue weighted by Crippen LogP contribution is -2.20. The highest BCUT2D eigenvalue weighted by molar-refractivity contribution is 8.12. The van der Waals surface area contributed by atoms with Crippen LogP contribution in [0.4, 0.5) is 0 Å². The molecule has 0 aromatic heterocycles. The summed E-state index contributed by atoms with van der Waals surface area (Å²) in [6.45, 7) is 0. The monoisotopic (exact) mass is 447 g/mol. The van der Waals surface area contributed by atoms with Gasteiger partial charge in [-0.15, -0.1) is 0 Å². The van der Waals surface area contributed by atoms with Crippen LogP contribution in [0.3, 0.4) is 0 Å². The van der Waals surface area contributed by atoms with E-state index in [-0.39, 0.29) is 28.8 Å². The molecule has 29 heavy (non-hydrogen) atoms. The van der Waals surface area contributed by atoms with Gasteiger partial charge in [0.05, 0.1) is 30.9 Å². The molecular formula is C21H21NO4S3. The van der Waals surface area contributed by atoms with E-state index in [0.717, 1.165) is 0 Å². The maximum Gasteiger partial charge on any atom is 0.166 e. The SMILES string of the molecule is O=S1(=O)CCCS(=O)(=O)[N-]1.c1ccc([S+](c2ccccc2)c2ccccc2)cc1. The highest BCUT2D eigenvalue weighted by atomic mass is 32.3. The average molecular weight is 448 g/mol. The van der Waals surface area contributed by atoms with Crippen molar-refractivity contribution in [3.8, 4) is 0 Å². The van der Waals surface area contributed by atoms with E-state index >= 15 is 0 Å². The Balaban J connectivity index is 0.000000204. The Kier molecular flexibility index (Phi) is 7.13. The summed E-state index contributed by atoms with van der Waals surface area (Å²) in [5, 5.41) is 0. The van der Waals surface area contributed by atoms with Crippen molar-refractivity contribution in [2.24, 2.45) is 0 Å². The molecule has 8 heteroatoms. The van der Waals surface area contributed by atoms with Crippen molar-refractivity contribution >= 4 is 30.9 Å². The highest BCUT2D eigenvalue weighted by Crippen LogP contribution is 2.30. The van der Waals surface area contributed by atoms with Crippen LogP contribution in [0.15, 0.2) is 106 Å². The Morgan fingerprint density at radius 2 is 0.862 bits per heavy atom. The van der Waals surface area contributed by atoms with Gasteiger partial charge in [-0.1, -0.05) is 54.6 Å². The van der Waals surface area contributed by atoms with Crippen molar-refractivity contribution in [2.75, 3.05) is 11.5 Å². The van der Waals surface area contributed by atoms with E-state index in [1.807, 2.05) is 0 Å². The van der Waals surface area contributed by atoms with Crippen molar-refractivity contribution in [2.45, 2.75) is 21.1 Å². The molecule has 4 rings (SSSR count). The van der Waals surface area contributed by atoms with E-state index in [1.54, 1.807) is 0 Å². The summed E-state index contributed by atoms with van der Waals surface area (Å²) in [6, 6.07) is 32.2. The van der Waals surface area contributed by atoms with E-state index in [4.69, 9.17) is 0 Å². The fraction of sp³-hybridized carbons (Fsp3) is 0.143. The summed E-state index contributed by atoms with van der Waals surface area (Å²) < 4.78 is 44.8. The minimum atomic E-state index is -3.65. The van der Waals surface area contributed by atoms with E-state index in [9.17, 15) is 16.8 Å². The minimum absolute atomic E-state index is 0.0146. The number of benzene rings is 3. The summed E-state index contributed by atoms with van der Waals surface area (Å²) in [7, 11) is -7.32. The topological polar surface area (TPSA) is 82.4 Å². The Bertz CT molecular complexity index is 992. The zero-order valence-corrected chi connectivity index (χ0v) is 18.0.